The van der Waals surface area contributed by atoms with Crippen molar-refractivity contribution in [2.24, 2.45) is 0 Å². The highest BCUT2D eigenvalue weighted by Crippen LogP contribution is 2.39. The maximum atomic E-state index is 12.4. The zero-order valence-corrected chi connectivity index (χ0v) is 25.5. The van der Waals surface area contributed by atoms with E-state index in [4.69, 9.17) is 14.3 Å². The smallest absolute Gasteiger partial charge is 0.330 e. The number of hydroxylamine groups is 2. The molecule has 0 spiro atoms. The summed E-state index contributed by atoms with van der Waals surface area (Å²) < 4.78 is 13.2. The van der Waals surface area contributed by atoms with Gasteiger partial charge in [-0.3, -0.25) is 19.2 Å². The predicted octanol–water partition coefficient (Wildman–Crippen LogP) is 0.945. The van der Waals surface area contributed by atoms with Crippen LogP contribution >= 0.6 is 0 Å². The van der Waals surface area contributed by atoms with Gasteiger partial charge in [0.05, 0.1) is 13.2 Å². The molecular weight excluding hydrogens is 542 g/mol. The summed E-state index contributed by atoms with van der Waals surface area (Å²) in [6.45, 7) is 8.40. The predicted molar refractivity (Wildman–Crippen MR) is 159 cm³/mol. The first kappa shape index (κ1) is 31.0. The molecule has 41 heavy (non-hydrogen) atoms. The molecule has 2 heterocycles. The van der Waals surface area contributed by atoms with Gasteiger partial charge in [-0.25, -0.2) is 4.79 Å². The fraction of sp³-hybridized carbons (Fsp3) is 0.467. The van der Waals surface area contributed by atoms with E-state index in [1.165, 1.54) is 16.6 Å². The van der Waals surface area contributed by atoms with E-state index in [-0.39, 0.29) is 29.5 Å². The van der Waals surface area contributed by atoms with Gasteiger partial charge in [-0.05, 0) is 12.0 Å². The van der Waals surface area contributed by atoms with Gasteiger partial charge in [0, 0.05) is 25.9 Å². The molecule has 1 aromatic heterocycles. The van der Waals surface area contributed by atoms with Crippen molar-refractivity contribution in [3.63, 3.8) is 0 Å². The lowest BCUT2D eigenvalue weighted by atomic mass is 10.1. The van der Waals surface area contributed by atoms with Gasteiger partial charge in [0.25, 0.3) is 5.56 Å². The van der Waals surface area contributed by atoms with E-state index in [0.29, 0.717) is 0 Å². The van der Waals surface area contributed by atoms with E-state index in [0.717, 1.165) is 4.57 Å². The lowest BCUT2D eigenvalue weighted by Crippen LogP contribution is -2.73. The highest BCUT2D eigenvalue weighted by atomic mass is 28.3. The first-order valence-electron chi connectivity index (χ1n) is 13.7. The van der Waals surface area contributed by atoms with Crippen LogP contribution in [0.2, 0.25) is 5.04 Å². The summed E-state index contributed by atoms with van der Waals surface area (Å²) in [5.74, 6) is 0. The molecule has 0 bridgehead atoms. The summed E-state index contributed by atoms with van der Waals surface area (Å²) in [7, 11) is 0.939. The molecule has 222 valence electrons. The van der Waals surface area contributed by atoms with Crippen LogP contribution in [0.4, 0.5) is 0 Å². The van der Waals surface area contributed by atoms with Crippen LogP contribution in [0.5, 0.6) is 0 Å². The average molecular weight is 584 g/mol. The molecule has 3 N–H and O–H groups in total. The largest absolute Gasteiger partial charge is 0.387 e. The topological polar surface area (TPSA) is 126 Å². The third-order valence-electron chi connectivity index (χ3n) is 7.77. The van der Waals surface area contributed by atoms with Crippen molar-refractivity contribution in [3.05, 3.63) is 93.3 Å². The highest BCUT2D eigenvalue weighted by Gasteiger charge is 2.55. The summed E-state index contributed by atoms with van der Waals surface area (Å²) in [5.41, 5.74) is -1.34. The zero-order valence-electron chi connectivity index (χ0n) is 24.5. The van der Waals surface area contributed by atoms with Crippen LogP contribution in [0, 0.1) is 6.92 Å². The standard InChI is InChI=1S/C30H41N3O7Si/c1-20-17-33(29(37)31-27(20)36)28-26(35)25(34)23(39-28)18-38-19-24(40-32(5)6)41(30(2,3)4,21-13-9-7-10-14-21)22-15-11-8-12-16-22/h7-17,23-26,28,34-35H,18-19H2,1-6H3,(H,31,36,37)/t23-,24?,25?,26?,28-/m0/s1. The molecule has 3 aromatic rings. The van der Waals surface area contributed by atoms with E-state index in [9.17, 15) is 19.8 Å². The number of aliphatic hydroxyl groups excluding tert-OH is 2. The maximum absolute atomic E-state index is 12.4. The molecule has 11 heteroatoms. The lowest BCUT2D eigenvalue weighted by molar-refractivity contribution is -0.161. The number of aromatic amines is 1. The second-order valence-corrected chi connectivity index (χ2v) is 16.7. The van der Waals surface area contributed by atoms with Crippen LogP contribution in [-0.4, -0.2) is 84.2 Å². The maximum Gasteiger partial charge on any atom is 0.330 e. The Kier molecular flexibility index (Phi) is 9.49. The number of nitrogens with zero attached hydrogens (tertiary/aromatic N) is 2. The molecule has 1 aliphatic rings. The van der Waals surface area contributed by atoms with Crippen LogP contribution in [0.1, 0.15) is 32.6 Å². The van der Waals surface area contributed by atoms with E-state index in [1.807, 2.05) is 50.5 Å². The van der Waals surface area contributed by atoms with Crippen molar-refractivity contribution in [1.82, 2.24) is 14.6 Å². The molecular formula is C30H41N3O7Si. The second-order valence-electron chi connectivity index (χ2n) is 11.8. The van der Waals surface area contributed by atoms with Crippen molar-refractivity contribution in [2.75, 3.05) is 27.3 Å². The van der Waals surface area contributed by atoms with Gasteiger partial charge in [-0.15, -0.1) is 0 Å². The van der Waals surface area contributed by atoms with Crippen molar-refractivity contribution in [3.8, 4) is 0 Å². The number of hydrogen-bond acceptors (Lipinski definition) is 8. The fourth-order valence-electron chi connectivity index (χ4n) is 5.94. The molecule has 0 saturated carbocycles. The Hall–Kier alpha value is -2.90. The molecule has 3 unspecified atom stereocenters. The Bertz CT molecular complexity index is 1370. The molecule has 5 atom stereocenters. The van der Waals surface area contributed by atoms with Gasteiger partial charge >= 0.3 is 5.69 Å². The molecule has 2 aromatic carbocycles. The molecule has 0 amide bonds. The van der Waals surface area contributed by atoms with E-state index in [1.54, 1.807) is 12.0 Å². The van der Waals surface area contributed by atoms with Gasteiger partial charge in [0.15, 0.2) is 14.3 Å². The van der Waals surface area contributed by atoms with Crippen molar-refractivity contribution < 1.29 is 24.5 Å². The minimum atomic E-state index is -2.75. The number of aryl methyl sites for hydroxylation is 1. The van der Waals surface area contributed by atoms with E-state index < -0.39 is 43.9 Å². The van der Waals surface area contributed by atoms with E-state index in [2.05, 4.69) is 50.0 Å². The average Bonchev–Trinajstić information content (AvgIpc) is 3.19. The number of benzene rings is 2. The molecule has 10 nitrogen and oxygen atoms in total. The van der Waals surface area contributed by atoms with Crippen LogP contribution in [0.25, 0.3) is 0 Å². The third kappa shape index (κ3) is 6.16. The Morgan fingerprint density at radius 3 is 2.07 bits per heavy atom. The fourth-order valence-corrected chi connectivity index (χ4v) is 11.9. The lowest BCUT2D eigenvalue weighted by Gasteiger charge is -2.49. The summed E-state index contributed by atoms with van der Waals surface area (Å²) >= 11 is 0. The Balaban J connectivity index is 1.64. The van der Waals surface area contributed by atoms with Crippen LogP contribution in [-0.2, 0) is 14.3 Å². The van der Waals surface area contributed by atoms with Crippen molar-refractivity contribution >= 4 is 18.4 Å². The number of H-pyrrole nitrogens is 1. The number of ether oxygens (including phenoxy) is 2. The summed E-state index contributed by atoms with van der Waals surface area (Å²) in [5, 5.41) is 25.4. The number of aromatic nitrogens is 2. The number of aliphatic hydroxyl groups is 2. The second kappa shape index (κ2) is 12.5. The van der Waals surface area contributed by atoms with Gasteiger partial charge in [-0.1, -0.05) is 91.8 Å². The summed E-state index contributed by atoms with van der Waals surface area (Å²) in [6.07, 6.45) is -3.47. The zero-order chi connectivity index (χ0) is 29.9. The minimum Gasteiger partial charge on any atom is -0.387 e. The number of nitrogens with one attached hydrogen (secondary N) is 1. The number of rotatable bonds is 10. The van der Waals surface area contributed by atoms with Crippen molar-refractivity contribution in [1.29, 1.82) is 0 Å². The Labute approximate surface area is 241 Å². The monoisotopic (exact) mass is 583 g/mol. The molecule has 0 radical (unpaired) electrons. The van der Waals surface area contributed by atoms with Crippen LogP contribution in [0.15, 0.2) is 76.4 Å². The summed E-state index contributed by atoms with van der Waals surface area (Å²) in [4.78, 5) is 32.9. The molecule has 1 fully saturated rings. The van der Waals surface area contributed by atoms with Gasteiger partial charge in [-0.2, -0.15) is 5.06 Å². The SMILES string of the molecule is Cc1cn([C@H]2O[C@@H](COCC(ON(C)C)[Si](c3ccccc3)(c3ccccc3)C(C)(C)C)C(O)C2O)c(=O)[nH]c1=O. The summed E-state index contributed by atoms with van der Waals surface area (Å²) in [6, 6.07) is 20.8. The Morgan fingerprint density at radius 1 is 1.00 bits per heavy atom. The van der Waals surface area contributed by atoms with E-state index >= 15 is 0 Å². The molecule has 4 rings (SSSR count). The molecule has 0 aliphatic carbocycles. The Morgan fingerprint density at radius 2 is 1.56 bits per heavy atom. The van der Waals surface area contributed by atoms with Gasteiger partial charge in [0.2, 0.25) is 0 Å². The molecule has 1 aliphatic heterocycles. The van der Waals surface area contributed by atoms with Crippen molar-refractivity contribution in [2.45, 2.75) is 63.0 Å². The first-order valence-corrected chi connectivity index (χ1v) is 15.8. The van der Waals surface area contributed by atoms with Crippen LogP contribution in [0.3, 0.4) is 0 Å². The minimum absolute atomic E-state index is 0.0443. The van der Waals surface area contributed by atoms with Gasteiger partial charge < -0.3 is 19.7 Å². The number of hydrogen-bond donors (Lipinski definition) is 3. The highest BCUT2D eigenvalue weighted by molar-refractivity contribution is 7.05. The first-order chi connectivity index (χ1) is 19.4. The van der Waals surface area contributed by atoms with Gasteiger partial charge in [0.1, 0.15) is 24.0 Å². The third-order valence-corrected chi connectivity index (χ3v) is 13.9. The quantitative estimate of drug-likeness (QED) is 0.238. The normalized spacial score (nSPS) is 22.3. The molecule has 1 saturated heterocycles. The van der Waals surface area contributed by atoms with Crippen LogP contribution < -0.4 is 21.6 Å².